The number of piperidine rings is 1. The van der Waals surface area contributed by atoms with Gasteiger partial charge >= 0.3 is 0 Å². The van der Waals surface area contributed by atoms with Crippen LogP contribution < -0.4 is 15.5 Å². The summed E-state index contributed by atoms with van der Waals surface area (Å²) in [5.74, 6) is 2.74. The molecule has 0 bridgehead atoms. The van der Waals surface area contributed by atoms with Crippen molar-refractivity contribution in [2.24, 2.45) is 10.9 Å². The van der Waals surface area contributed by atoms with Gasteiger partial charge in [-0.15, -0.1) is 0 Å². The van der Waals surface area contributed by atoms with Gasteiger partial charge in [0.1, 0.15) is 5.82 Å². The fourth-order valence-electron chi connectivity index (χ4n) is 3.69. The number of rotatable bonds is 7. The molecular formula is C22H35N7. The van der Waals surface area contributed by atoms with E-state index in [0.717, 1.165) is 61.6 Å². The van der Waals surface area contributed by atoms with Gasteiger partial charge in [-0.1, -0.05) is 13.0 Å². The fraction of sp³-hybridized carbons (Fsp3) is 0.591. The third kappa shape index (κ3) is 6.21. The third-order valence-corrected chi connectivity index (χ3v) is 5.54. The van der Waals surface area contributed by atoms with Crippen LogP contribution in [0.3, 0.4) is 0 Å². The van der Waals surface area contributed by atoms with Gasteiger partial charge in [0.25, 0.3) is 0 Å². The number of aliphatic imine (C=N–C) groups is 1. The van der Waals surface area contributed by atoms with Gasteiger partial charge in [0.15, 0.2) is 5.96 Å². The first kappa shape index (κ1) is 21.1. The molecule has 1 aliphatic heterocycles. The lowest BCUT2D eigenvalue weighted by Gasteiger charge is -2.31. The minimum atomic E-state index is 0.710. The van der Waals surface area contributed by atoms with E-state index in [4.69, 9.17) is 0 Å². The van der Waals surface area contributed by atoms with Gasteiger partial charge in [0, 0.05) is 51.7 Å². The molecule has 3 heterocycles. The van der Waals surface area contributed by atoms with Crippen molar-refractivity contribution < 1.29 is 0 Å². The highest BCUT2D eigenvalue weighted by Crippen LogP contribution is 2.21. The Bertz CT molecular complexity index is 786. The van der Waals surface area contributed by atoms with Crippen LogP contribution in [0.1, 0.15) is 43.1 Å². The Hall–Kier alpha value is -2.57. The van der Waals surface area contributed by atoms with Crippen LogP contribution in [-0.2, 0) is 13.1 Å². The van der Waals surface area contributed by atoms with E-state index in [1.807, 2.05) is 13.1 Å². The van der Waals surface area contributed by atoms with E-state index in [2.05, 4.69) is 67.3 Å². The first-order chi connectivity index (χ1) is 14.0. The van der Waals surface area contributed by atoms with E-state index in [9.17, 15) is 0 Å². The van der Waals surface area contributed by atoms with Gasteiger partial charge in [-0.3, -0.25) is 9.67 Å². The summed E-state index contributed by atoms with van der Waals surface area (Å²) in [7, 11) is 1.80. The lowest BCUT2D eigenvalue weighted by atomic mass is 9.99. The molecule has 0 unspecified atom stereocenters. The second-order valence-corrected chi connectivity index (χ2v) is 8.05. The Labute approximate surface area is 174 Å². The number of hydrogen-bond donors (Lipinski definition) is 2. The molecule has 0 saturated carbocycles. The van der Waals surface area contributed by atoms with Crippen molar-refractivity contribution in [3.63, 3.8) is 0 Å². The molecule has 0 atom stereocenters. The molecule has 0 aliphatic carbocycles. The highest BCUT2D eigenvalue weighted by molar-refractivity contribution is 5.79. The maximum absolute atomic E-state index is 4.67. The van der Waals surface area contributed by atoms with Gasteiger partial charge in [-0.2, -0.15) is 5.10 Å². The summed E-state index contributed by atoms with van der Waals surface area (Å²) in [5, 5.41) is 11.2. The monoisotopic (exact) mass is 397 g/mol. The van der Waals surface area contributed by atoms with Gasteiger partial charge in [-0.25, -0.2) is 4.98 Å². The van der Waals surface area contributed by atoms with Crippen molar-refractivity contribution in [1.82, 2.24) is 25.4 Å². The van der Waals surface area contributed by atoms with E-state index in [1.54, 1.807) is 7.05 Å². The van der Waals surface area contributed by atoms with Gasteiger partial charge in [0.2, 0.25) is 0 Å². The van der Waals surface area contributed by atoms with Gasteiger partial charge < -0.3 is 15.5 Å². The summed E-state index contributed by atoms with van der Waals surface area (Å²) in [6, 6.07) is 6.40. The largest absolute Gasteiger partial charge is 0.357 e. The van der Waals surface area contributed by atoms with E-state index in [0.29, 0.717) is 6.54 Å². The normalized spacial score (nSPS) is 15.6. The van der Waals surface area contributed by atoms with Crippen molar-refractivity contribution in [1.29, 1.82) is 0 Å². The molecule has 1 fully saturated rings. The quantitative estimate of drug-likeness (QED) is 0.427. The highest BCUT2D eigenvalue weighted by Gasteiger charge is 2.16. The number of hydrogen-bond acceptors (Lipinski definition) is 4. The summed E-state index contributed by atoms with van der Waals surface area (Å²) in [4.78, 5) is 11.4. The summed E-state index contributed by atoms with van der Waals surface area (Å²) in [5.41, 5.74) is 3.44. The molecule has 2 aromatic heterocycles. The molecule has 0 amide bonds. The SMILES string of the molecule is CN=C(NCCCn1nc(C)cc1C)NCc1ccc(N2CCC(C)CC2)nc1. The Balaban J connectivity index is 1.39. The zero-order chi connectivity index (χ0) is 20.6. The first-order valence-electron chi connectivity index (χ1n) is 10.7. The predicted molar refractivity (Wildman–Crippen MR) is 119 cm³/mol. The van der Waals surface area contributed by atoms with Crippen LogP contribution in [0.5, 0.6) is 0 Å². The van der Waals surface area contributed by atoms with E-state index >= 15 is 0 Å². The van der Waals surface area contributed by atoms with Crippen LogP contribution in [0.15, 0.2) is 29.4 Å². The first-order valence-corrected chi connectivity index (χ1v) is 10.7. The molecule has 0 aromatic carbocycles. The van der Waals surface area contributed by atoms with Crippen LogP contribution in [0, 0.1) is 19.8 Å². The van der Waals surface area contributed by atoms with Crippen LogP contribution in [0.25, 0.3) is 0 Å². The van der Waals surface area contributed by atoms with Crippen molar-refractivity contribution in [3.8, 4) is 0 Å². The molecule has 0 radical (unpaired) electrons. The van der Waals surface area contributed by atoms with Crippen molar-refractivity contribution in [2.75, 3.05) is 31.6 Å². The van der Waals surface area contributed by atoms with Crippen LogP contribution in [0.4, 0.5) is 5.82 Å². The second kappa shape index (κ2) is 10.3. The van der Waals surface area contributed by atoms with E-state index in [-0.39, 0.29) is 0 Å². The van der Waals surface area contributed by atoms with Crippen LogP contribution in [0.2, 0.25) is 0 Å². The Kier molecular flexibility index (Phi) is 7.49. The standard InChI is InChI=1S/C22H35N7/c1-17-8-12-28(13-9-17)21-7-6-20(15-25-21)16-26-22(23-4)24-10-5-11-29-19(3)14-18(2)27-29/h6-7,14-15,17H,5,8-13,16H2,1-4H3,(H2,23,24,26). The number of aromatic nitrogens is 3. The predicted octanol–water partition coefficient (Wildman–Crippen LogP) is 2.89. The number of guanidine groups is 1. The molecule has 1 saturated heterocycles. The molecule has 0 spiro atoms. The Morgan fingerprint density at radius 1 is 1.21 bits per heavy atom. The second-order valence-electron chi connectivity index (χ2n) is 8.05. The Morgan fingerprint density at radius 3 is 2.62 bits per heavy atom. The zero-order valence-electron chi connectivity index (χ0n) is 18.3. The maximum atomic E-state index is 4.67. The summed E-state index contributed by atoms with van der Waals surface area (Å²) in [6.45, 7) is 11.1. The summed E-state index contributed by atoms with van der Waals surface area (Å²) >= 11 is 0. The number of nitrogens with zero attached hydrogens (tertiary/aromatic N) is 5. The molecule has 1 aliphatic rings. The van der Waals surface area contributed by atoms with E-state index in [1.165, 1.54) is 18.5 Å². The molecule has 158 valence electrons. The fourth-order valence-corrected chi connectivity index (χ4v) is 3.69. The maximum Gasteiger partial charge on any atom is 0.191 e. The minimum Gasteiger partial charge on any atom is -0.357 e. The lowest BCUT2D eigenvalue weighted by molar-refractivity contribution is 0.436. The molecule has 2 N–H and O–H groups in total. The van der Waals surface area contributed by atoms with Gasteiger partial charge in [-0.05, 0) is 56.7 Å². The molecule has 29 heavy (non-hydrogen) atoms. The molecule has 7 heteroatoms. The molecular weight excluding hydrogens is 362 g/mol. The number of aryl methyl sites for hydroxylation is 3. The van der Waals surface area contributed by atoms with Crippen molar-refractivity contribution in [2.45, 2.75) is 53.1 Å². The number of pyridine rings is 1. The van der Waals surface area contributed by atoms with Crippen LogP contribution in [-0.4, -0.2) is 47.4 Å². The van der Waals surface area contributed by atoms with Gasteiger partial charge in [0.05, 0.1) is 5.69 Å². The number of anilines is 1. The molecule has 2 aromatic rings. The average Bonchev–Trinajstić information content (AvgIpc) is 3.05. The zero-order valence-corrected chi connectivity index (χ0v) is 18.3. The van der Waals surface area contributed by atoms with Crippen LogP contribution >= 0.6 is 0 Å². The average molecular weight is 398 g/mol. The smallest absolute Gasteiger partial charge is 0.191 e. The number of nitrogens with one attached hydrogen (secondary N) is 2. The van der Waals surface area contributed by atoms with Crippen molar-refractivity contribution >= 4 is 11.8 Å². The van der Waals surface area contributed by atoms with E-state index < -0.39 is 0 Å². The molecule has 7 nitrogen and oxygen atoms in total. The lowest BCUT2D eigenvalue weighted by Crippen LogP contribution is -2.37. The highest BCUT2D eigenvalue weighted by atomic mass is 15.3. The summed E-state index contributed by atoms with van der Waals surface area (Å²) < 4.78 is 2.06. The van der Waals surface area contributed by atoms with Crippen molar-refractivity contribution in [3.05, 3.63) is 41.3 Å². The Morgan fingerprint density at radius 2 is 2.00 bits per heavy atom. The summed E-state index contributed by atoms with van der Waals surface area (Å²) in [6.07, 6.45) is 5.48. The third-order valence-electron chi connectivity index (χ3n) is 5.54. The molecule has 3 rings (SSSR count). The topological polar surface area (TPSA) is 70.4 Å². The minimum absolute atomic E-state index is 0.710.